The largest absolute Gasteiger partial charge is 0.383 e. The number of aromatic nitrogens is 4. The maximum Gasteiger partial charge on any atom is 0.239 e. The number of nitrogen functional groups attached to an aromatic ring is 2. The molecule has 0 spiro atoms. The number of nitrogens with one attached hydrogen (secondary N) is 2. The third-order valence-electron chi connectivity index (χ3n) is 3.59. The molecule has 2 heterocycles. The van der Waals surface area contributed by atoms with Gasteiger partial charge in [0.25, 0.3) is 0 Å². The highest BCUT2D eigenvalue weighted by Crippen LogP contribution is 2.31. The zero-order valence-corrected chi connectivity index (χ0v) is 11.5. The minimum Gasteiger partial charge on any atom is -0.383 e. The average Bonchev–Trinajstić information content (AvgIpc) is 2.95. The highest BCUT2D eigenvalue weighted by molar-refractivity contribution is 6.00. The van der Waals surface area contributed by atoms with Gasteiger partial charge >= 0.3 is 0 Å². The van der Waals surface area contributed by atoms with E-state index in [2.05, 4.69) is 43.8 Å². The number of H-pyrrole nitrogens is 1. The SMILES string of the molecule is NNc1nc(-c2ccc3ccccc3c2)c2c(N)[nH]nc2n1. The highest BCUT2D eigenvalue weighted by atomic mass is 15.3. The Bertz CT molecular complexity index is 990. The molecule has 0 unspecified atom stereocenters. The number of nitrogens with zero attached hydrogens (tertiary/aromatic N) is 3. The van der Waals surface area contributed by atoms with Crippen molar-refractivity contribution in [1.82, 2.24) is 20.2 Å². The van der Waals surface area contributed by atoms with Crippen LogP contribution in [0.3, 0.4) is 0 Å². The second kappa shape index (κ2) is 4.68. The predicted octanol–water partition coefficient (Wildman–Crippen LogP) is 2.04. The Labute approximate surface area is 125 Å². The Morgan fingerprint density at radius 1 is 1.00 bits per heavy atom. The van der Waals surface area contributed by atoms with Gasteiger partial charge in [0.2, 0.25) is 5.95 Å². The van der Waals surface area contributed by atoms with Crippen molar-refractivity contribution < 1.29 is 0 Å². The molecule has 0 atom stereocenters. The lowest BCUT2D eigenvalue weighted by Gasteiger charge is -2.07. The van der Waals surface area contributed by atoms with Crippen LogP contribution in [-0.2, 0) is 0 Å². The molecule has 4 rings (SSSR count). The van der Waals surface area contributed by atoms with E-state index in [0.29, 0.717) is 28.5 Å². The fourth-order valence-electron chi connectivity index (χ4n) is 2.56. The summed E-state index contributed by atoms with van der Waals surface area (Å²) in [7, 11) is 0. The first-order valence-corrected chi connectivity index (χ1v) is 6.73. The normalized spacial score (nSPS) is 11.1. The lowest BCUT2D eigenvalue weighted by atomic mass is 10.0. The number of hydrogen-bond acceptors (Lipinski definition) is 6. The number of anilines is 2. The van der Waals surface area contributed by atoms with Gasteiger partial charge in [0.05, 0.1) is 11.1 Å². The summed E-state index contributed by atoms with van der Waals surface area (Å²) >= 11 is 0. The van der Waals surface area contributed by atoms with Crippen LogP contribution in [-0.4, -0.2) is 20.2 Å². The molecule has 0 amide bonds. The minimum absolute atomic E-state index is 0.294. The van der Waals surface area contributed by atoms with Crippen molar-refractivity contribution in [2.75, 3.05) is 11.2 Å². The first-order chi connectivity index (χ1) is 10.8. The van der Waals surface area contributed by atoms with E-state index in [1.807, 2.05) is 24.3 Å². The van der Waals surface area contributed by atoms with Gasteiger partial charge < -0.3 is 5.73 Å². The van der Waals surface area contributed by atoms with Gasteiger partial charge in [0.1, 0.15) is 5.82 Å². The third kappa shape index (κ3) is 1.84. The molecule has 0 bridgehead atoms. The predicted molar refractivity (Wildman–Crippen MR) is 86.8 cm³/mol. The standard InChI is InChI=1S/C15H13N7/c16-13-11-12(18-15(20-17)19-14(11)22-21-13)10-6-5-8-3-1-2-4-9(8)7-10/h1-7H,17H2,(H4,16,18,19,20,21,22). The lowest BCUT2D eigenvalue weighted by Crippen LogP contribution is -2.11. The summed E-state index contributed by atoms with van der Waals surface area (Å²) < 4.78 is 0. The van der Waals surface area contributed by atoms with Crippen LogP contribution >= 0.6 is 0 Å². The van der Waals surface area contributed by atoms with E-state index in [1.165, 1.54) is 0 Å². The Kier molecular flexibility index (Phi) is 2.67. The Morgan fingerprint density at radius 2 is 1.82 bits per heavy atom. The van der Waals surface area contributed by atoms with E-state index in [0.717, 1.165) is 16.3 Å². The van der Waals surface area contributed by atoms with Crippen molar-refractivity contribution in [3.63, 3.8) is 0 Å². The first kappa shape index (κ1) is 12.5. The summed E-state index contributed by atoms with van der Waals surface area (Å²) in [6.45, 7) is 0. The molecule has 2 aromatic carbocycles. The van der Waals surface area contributed by atoms with Crippen molar-refractivity contribution in [2.24, 2.45) is 5.84 Å². The molecule has 0 saturated carbocycles. The molecule has 7 heteroatoms. The van der Waals surface area contributed by atoms with Gasteiger partial charge in [-0.05, 0) is 16.8 Å². The third-order valence-corrected chi connectivity index (χ3v) is 3.59. The number of fused-ring (bicyclic) bond motifs is 2. The van der Waals surface area contributed by atoms with Crippen LogP contribution in [0.1, 0.15) is 0 Å². The Morgan fingerprint density at radius 3 is 2.64 bits per heavy atom. The lowest BCUT2D eigenvalue weighted by molar-refractivity contribution is 1.08. The van der Waals surface area contributed by atoms with Gasteiger partial charge in [-0.1, -0.05) is 36.4 Å². The van der Waals surface area contributed by atoms with Crippen molar-refractivity contribution in [1.29, 1.82) is 0 Å². The van der Waals surface area contributed by atoms with Crippen LogP contribution in [0, 0.1) is 0 Å². The van der Waals surface area contributed by atoms with Gasteiger partial charge in [-0.25, -0.2) is 10.8 Å². The molecular formula is C15H13N7. The fourth-order valence-corrected chi connectivity index (χ4v) is 2.56. The van der Waals surface area contributed by atoms with Crippen LogP contribution in [0.4, 0.5) is 11.8 Å². The van der Waals surface area contributed by atoms with Crippen molar-refractivity contribution in [3.05, 3.63) is 42.5 Å². The smallest absolute Gasteiger partial charge is 0.239 e. The molecular weight excluding hydrogens is 278 g/mol. The minimum atomic E-state index is 0.294. The van der Waals surface area contributed by atoms with Crippen LogP contribution < -0.4 is 17.0 Å². The number of nitrogens with two attached hydrogens (primary N) is 2. The first-order valence-electron chi connectivity index (χ1n) is 6.73. The zero-order valence-electron chi connectivity index (χ0n) is 11.5. The van der Waals surface area contributed by atoms with Crippen molar-refractivity contribution in [3.8, 4) is 11.3 Å². The molecule has 0 fully saturated rings. The van der Waals surface area contributed by atoms with Crippen LogP contribution in [0.2, 0.25) is 0 Å². The number of hydrogen-bond donors (Lipinski definition) is 4. The monoisotopic (exact) mass is 291 g/mol. The van der Waals surface area contributed by atoms with Gasteiger partial charge in [-0.2, -0.15) is 10.1 Å². The highest BCUT2D eigenvalue weighted by Gasteiger charge is 2.15. The molecule has 6 N–H and O–H groups in total. The summed E-state index contributed by atoms with van der Waals surface area (Å²) in [5, 5.41) is 9.78. The van der Waals surface area contributed by atoms with E-state index in [-0.39, 0.29) is 0 Å². The average molecular weight is 291 g/mol. The number of rotatable bonds is 2. The summed E-state index contributed by atoms with van der Waals surface area (Å²) in [6, 6.07) is 14.2. The molecule has 108 valence electrons. The summed E-state index contributed by atoms with van der Waals surface area (Å²) in [4.78, 5) is 8.64. The van der Waals surface area contributed by atoms with E-state index >= 15 is 0 Å². The second-order valence-electron chi connectivity index (χ2n) is 4.94. The van der Waals surface area contributed by atoms with E-state index in [4.69, 9.17) is 11.6 Å². The summed E-state index contributed by atoms with van der Waals surface area (Å²) in [5.41, 5.74) is 10.5. The molecule has 0 aliphatic carbocycles. The Balaban J connectivity index is 2.03. The van der Waals surface area contributed by atoms with Crippen LogP contribution in [0.5, 0.6) is 0 Å². The summed E-state index contributed by atoms with van der Waals surface area (Å²) in [6.07, 6.45) is 0. The topological polar surface area (TPSA) is 119 Å². The van der Waals surface area contributed by atoms with Gasteiger partial charge in [0.15, 0.2) is 5.65 Å². The number of benzene rings is 2. The second-order valence-corrected chi connectivity index (χ2v) is 4.94. The molecule has 0 saturated heterocycles. The number of aromatic amines is 1. The molecule has 0 aliphatic rings. The molecule has 4 aromatic rings. The van der Waals surface area contributed by atoms with Crippen molar-refractivity contribution in [2.45, 2.75) is 0 Å². The van der Waals surface area contributed by atoms with Crippen LogP contribution in [0.15, 0.2) is 42.5 Å². The maximum atomic E-state index is 5.97. The van der Waals surface area contributed by atoms with Gasteiger partial charge in [0, 0.05) is 5.56 Å². The molecule has 0 radical (unpaired) electrons. The van der Waals surface area contributed by atoms with Crippen molar-refractivity contribution >= 4 is 33.6 Å². The fraction of sp³-hybridized carbons (Fsp3) is 0. The molecule has 0 aliphatic heterocycles. The molecule has 2 aromatic heterocycles. The van der Waals surface area contributed by atoms with Crippen LogP contribution in [0.25, 0.3) is 33.1 Å². The zero-order chi connectivity index (χ0) is 15.1. The van der Waals surface area contributed by atoms with E-state index < -0.39 is 0 Å². The van der Waals surface area contributed by atoms with E-state index in [9.17, 15) is 0 Å². The van der Waals surface area contributed by atoms with Gasteiger partial charge in [-0.3, -0.25) is 10.5 Å². The maximum absolute atomic E-state index is 5.97. The number of hydrazine groups is 1. The molecule has 7 nitrogen and oxygen atoms in total. The molecule has 22 heavy (non-hydrogen) atoms. The van der Waals surface area contributed by atoms with Gasteiger partial charge in [-0.15, -0.1) is 0 Å². The summed E-state index contributed by atoms with van der Waals surface area (Å²) in [5.74, 6) is 6.17. The quantitative estimate of drug-likeness (QED) is 0.331. The van der Waals surface area contributed by atoms with E-state index in [1.54, 1.807) is 0 Å². The Hall–Kier alpha value is -3.19.